The van der Waals surface area contributed by atoms with Gasteiger partial charge in [-0.25, -0.2) is 0 Å². The molecule has 2 aromatic carbocycles. The summed E-state index contributed by atoms with van der Waals surface area (Å²) in [6.45, 7) is 0. The molecule has 0 N–H and O–H groups in total. The van der Waals surface area contributed by atoms with Crippen LogP contribution in [0.3, 0.4) is 0 Å². The minimum absolute atomic E-state index is 0.353. The Balaban J connectivity index is 2.71. The van der Waals surface area contributed by atoms with Crippen molar-refractivity contribution in [2.75, 3.05) is 0 Å². The van der Waals surface area contributed by atoms with Crippen LogP contribution in [0.15, 0.2) is 47.2 Å². The van der Waals surface area contributed by atoms with E-state index < -0.39 is 0 Å². The van der Waals surface area contributed by atoms with Gasteiger partial charge in [0.15, 0.2) is 4.74 Å². The number of hydrogen-bond acceptors (Lipinski definition) is 0. The summed E-state index contributed by atoms with van der Waals surface area (Å²) >= 11 is 2.79. The molecule has 0 nitrogen and oxygen atoms in total. The molecule has 0 saturated carbocycles. The molecular formula is C12H8BrF. The average Bonchev–Trinajstić information content (AvgIpc) is 2.18. The molecule has 70 valence electrons. The number of fused-ring (bicyclic) bond motifs is 1. The minimum atomic E-state index is -0.353. The van der Waals surface area contributed by atoms with Crippen LogP contribution >= 0.6 is 15.9 Å². The summed E-state index contributed by atoms with van der Waals surface area (Å²) in [4.78, 5) is 0. The van der Waals surface area contributed by atoms with Gasteiger partial charge in [-0.15, -0.1) is 0 Å². The van der Waals surface area contributed by atoms with Crippen molar-refractivity contribution in [3.8, 4) is 0 Å². The van der Waals surface area contributed by atoms with E-state index in [2.05, 4.69) is 15.9 Å². The van der Waals surface area contributed by atoms with Crippen LogP contribution in [-0.2, 0) is 0 Å². The summed E-state index contributed by atoms with van der Waals surface area (Å²) in [5, 5.41) is 2.18. The van der Waals surface area contributed by atoms with Crippen molar-refractivity contribution < 1.29 is 4.39 Å². The molecule has 14 heavy (non-hydrogen) atoms. The second kappa shape index (κ2) is 3.93. The van der Waals surface area contributed by atoms with E-state index in [1.807, 2.05) is 42.5 Å². The van der Waals surface area contributed by atoms with Crippen LogP contribution in [0.2, 0.25) is 0 Å². The van der Waals surface area contributed by atoms with Crippen molar-refractivity contribution in [1.29, 1.82) is 0 Å². The van der Waals surface area contributed by atoms with E-state index in [0.29, 0.717) is 0 Å². The first-order valence-corrected chi connectivity index (χ1v) is 5.07. The lowest BCUT2D eigenvalue weighted by atomic mass is 10.1. The van der Waals surface area contributed by atoms with Gasteiger partial charge in [-0.3, -0.25) is 0 Å². The molecule has 0 amide bonds. The van der Waals surface area contributed by atoms with Crippen LogP contribution in [0.5, 0.6) is 0 Å². The molecule has 0 spiro atoms. The molecule has 0 aliphatic heterocycles. The lowest BCUT2D eigenvalue weighted by Crippen LogP contribution is -1.77. The normalized spacial score (nSPS) is 12.0. The van der Waals surface area contributed by atoms with Gasteiger partial charge in [0.2, 0.25) is 0 Å². The summed E-state index contributed by atoms with van der Waals surface area (Å²) in [6, 6.07) is 13.7. The van der Waals surface area contributed by atoms with Crippen LogP contribution in [0, 0.1) is 0 Å². The summed E-state index contributed by atoms with van der Waals surface area (Å²) < 4.78 is 12.3. The maximum Gasteiger partial charge on any atom is 0.166 e. The summed E-state index contributed by atoms with van der Waals surface area (Å²) in [6.07, 6.45) is 1.47. The van der Waals surface area contributed by atoms with Crippen molar-refractivity contribution in [3.63, 3.8) is 0 Å². The molecule has 0 aromatic heterocycles. The fourth-order valence-corrected chi connectivity index (χ4v) is 1.74. The molecule has 0 heterocycles. The quantitative estimate of drug-likeness (QED) is 0.699. The van der Waals surface area contributed by atoms with Crippen LogP contribution in [0.1, 0.15) is 5.56 Å². The SMILES string of the molecule is F/C(Br)=C/c1cccc2ccccc12. The Morgan fingerprint density at radius 1 is 1.07 bits per heavy atom. The van der Waals surface area contributed by atoms with Gasteiger partial charge in [-0.05, 0) is 38.3 Å². The molecule has 2 rings (SSSR count). The average molecular weight is 251 g/mol. The van der Waals surface area contributed by atoms with E-state index in [1.54, 1.807) is 0 Å². The number of halogens is 2. The van der Waals surface area contributed by atoms with E-state index in [4.69, 9.17) is 0 Å². The largest absolute Gasteiger partial charge is 0.199 e. The summed E-state index contributed by atoms with van der Waals surface area (Å²) in [7, 11) is 0. The van der Waals surface area contributed by atoms with Gasteiger partial charge >= 0.3 is 0 Å². The Kier molecular flexibility index (Phi) is 2.64. The summed E-state index contributed by atoms with van der Waals surface area (Å²) in [5.74, 6) is 0. The molecule has 0 saturated heterocycles. The van der Waals surface area contributed by atoms with Crippen molar-refractivity contribution in [1.82, 2.24) is 0 Å². The molecule has 0 aliphatic rings. The Morgan fingerprint density at radius 3 is 2.57 bits per heavy atom. The highest BCUT2D eigenvalue weighted by Gasteiger charge is 1.97. The molecule has 0 bridgehead atoms. The van der Waals surface area contributed by atoms with Gasteiger partial charge in [0.05, 0.1) is 0 Å². The highest BCUT2D eigenvalue weighted by molar-refractivity contribution is 9.11. The van der Waals surface area contributed by atoms with Crippen molar-refractivity contribution in [2.24, 2.45) is 0 Å². The van der Waals surface area contributed by atoms with Crippen LogP contribution in [0.25, 0.3) is 16.8 Å². The zero-order valence-corrected chi connectivity index (χ0v) is 8.96. The third-order valence-corrected chi connectivity index (χ3v) is 2.32. The molecule has 0 radical (unpaired) electrons. The predicted octanol–water partition coefficient (Wildman–Crippen LogP) is 4.50. The number of benzene rings is 2. The predicted molar refractivity (Wildman–Crippen MR) is 62.0 cm³/mol. The first kappa shape index (κ1) is 9.41. The first-order valence-electron chi connectivity index (χ1n) is 4.28. The minimum Gasteiger partial charge on any atom is -0.199 e. The molecule has 0 atom stereocenters. The van der Waals surface area contributed by atoms with Crippen LogP contribution < -0.4 is 0 Å². The Bertz CT molecular complexity index is 479. The van der Waals surface area contributed by atoms with Crippen molar-refractivity contribution >= 4 is 32.8 Å². The second-order valence-electron chi connectivity index (χ2n) is 3.00. The standard InChI is InChI=1S/C12H8BrF/c13-12(14)8-10-6-3-5-9-4-1-2-7-11(9)10/h1-8H/b12-8+. The lowest BCUT2D eigenvalue weighted by molar-refractivity contribution is 0.712. The zero-order chi connectivity index (χ0) is 9.97. The van der Waals surface area contributed by atoms with E-state index in [1.165, 1.54) is 6.08 Å². The maximum atomic E-state index is 12.7. The van der Waals surface area contributed by atoms with Crippen molar-refractivity contribution in [3.05, 3.63) is 52.8 Å². The van der Waals surface area contributed by atoms with E-state index in [9.17, 15) is 4.39 Å². The molecular weight excluding hydrogens is 243 g/mol. The Morgan fingerprint density at radius 2 is 1.79 bits per heavy atom. The van der Waals surface area contributed by atoms with Crippen molar-refractivity contribution in [2.45, 2.75) is 0 Å². The van der Waals surface area contributed by atoms with Gasteiger partial charge in [-0.2, -0.15) is 4.39 Å². The van der Waals surface area contributed by atoms with Gasteiger partial charge in [0, 0.05) is 0 Å². The molecule has 0 aliphatic carbocycles. The summed E-state index contributed by atoms with van der Waals surface area (Å²) in [5.41, 5.74) is 0.887. The molecule has 0 fully saturated rings. The molecule has 2 heteroatoms. The van der Waals surface area contributed by atoms with Gasteiger partial charge in [0.25, 0.3) is 0 Å². The fraction of sp³-hybridized carbons (Fsp3) is 0. The van der Waals surface area contributed by atoms with Crippen LogP contribution in [0.4, 0.5) is 4.39 Å². The molecule has 0 unspecified atom stereocenters. The molecule has 2 aromatic rings. The van der Waals surface area contributed by atoms with E-state index in [0.717, 1.165) is 16.3 Å². The second-order valence-corrected chi connectivity index (χ2v) is 3.76. The smallest absolute Gasteiger partial charge is 0.166 e. The topological polar surface area (TPSA) is 0 Å². The van der Waals surface area contributed by atoms with Gasteiger partial charge < -0.3 is 0 Å². The number of rotatable bonds is 1. The highest BCUT2D eigenvalue weighted by Crippen LogP contribution is 2.22. The third-order valence-electron chi connectivity index (χ3n) is 2.09. The fourth-order valence-electron chi connectivity index (χ4n) is 1.49. The van der Waals surface area contributed by atoms with E-state index >= 15 is 0 Å². The van der Waals surface area contributed by atoms with Crippen LogP contribution in [-0.4, -0.2) is 0 Å². The van der Waals surface area contributed by atoms with E-state index in [-0.39, 0.29) is 4.74 Å². The highest BCUT2D eigenvalue weighted by atomic mass is 79.9. The van der Waals surface area contributed by atoms with Gasteiger partial charge in [0.1, 0.15) is 0 Å². The zero-order valence-electron chi connectivity index (χ0n) is 7.37. The monoisotopic (exact) mass is 250 g/mol. The first-order chi connectivity index (χ1) is 6.77. The maximum absolute atomic E-state index is 12.7. The lowest BCUT2D eigenvalue weighted by Gasteiger charge is -2.00. The third kappa shape index (κ3) is 1.85. The Hall–Kier alpha value is -1.15. The number of hydrogen-bond donors (Lipinski definition) is 0. The Labute approximate surface area is 90.2 Å². The van der Waals surface area contributed by atoms with Gasteiger partial charge in [-0.1, -0.05) is 42.5 Å².